The van der Waals surface area contributed by atoms with Crippen molar-refractivity contribution in [1.82, 2.24) is 4.98 Å². The molecule has 2 heterocycles. The van der Waals surface area contributed by atoms with E-state index in [0.29, 0.717) is 6.42 Å². The van der Waals surface area contributed by atoms with E-state index in [9.17, 15) is 0 Å². The summed E-state index contributed by atoms with van der Waals surface area (Å²) in [5, 5.41) is 0.492. The Morgan fingerprint density at radius 1 is 0.774 bits per heavy atom. The summed E-state index contributed by atoms with van der Waals surface area (Å²) in [4.78, 5) is 4.65. The van der Waals surface area contributed by atoms with Crippen molar-refractivity contribution < 1.29 is 4.57 Å². The average Bonchev–Trinajstić information content (AvgIpc) is 3.15. The molecule has 2 nitrogen and oxygen atoms in total. The molecule has 1 saturated heterocycles. The molecule has 3 heteroatoms. The van der Waals surface area contributed by atoms with Crippen molar-refractivity contribution in [3.8, 4) is 0 Å². The van der Waals surface area contributed by atoms with Crippen LogP contribution in [0.1, 0.15) is 35.3 Å². The number of hydrogen-bond donors (Lipinski definition) is 0. The van der Waals surface area contributed by atoms with Crippen LogP contribution in [0.3, 0.4) is 0 Å². The standard InChI is InChI=1S/C28H26NOP/c30-31(26-17-8-3-9-18-26)27(23-12-4-1-5-13-23)19-20-28(31,24-14-6-2-7-15-24)22-25-16-10-11-21-29-25/h1-18,21,27H,19-20,22H2/t27-,28-,31?/m0/s1. The number of pyridine rings is 1. The zero-order chi connectivity index (χ0) is 21.2. The molecule has 0 bridgehead atoms. The van der Waals surface area contributed by atoms with Gasteiger partial charge in [0.25, 0.3) is 0 Å². The third-order valence-corrected chi connectivity index (χ3v) is 11.2. The van der Waals surface area contributed by atoms with Crippen LogP contribution < -0.4 is 5.30 Å². The van der Waals surface area contributed by atoms with Gasteiger partial charge in [-0.3, -0.25) is 4.98 Å². The zero-order valence-corrected chi connectivity index (χ0v) is 18.4. The van der Waals surface area contributed by atoms with Crippen LogP contribution in [0.2, 0.25) is 0 Å². The summed E-state index contributed by atoms with van der Waals surface area (Å²) in [5.74, 6) is 0. The number of aromatic nitrogens is 1. The fourth-order valence-corrected chi connectivity index (χ4v) is 9.89. The minimum absolute atomic E-state index is 0.0000170. The van der Waals surface area contributed by atoms with Crippen LogP contribution in [0.25, 0.3) is 0 Å². The second-order valence-corrected chi connectivity index (χ2v) is 11.7. The molecule has 3 atom stereocenters. The summed E-state index contributed by atoms with van der Waals surface area (Å²) in [6.45, 7) is 0. The molecule has 4 aromatic rings. The van der Waals surface area contributed by atoms with Crippen LogP contribution in [0, 0.1) is 0 Å². The lowest BCUT2D eigenvalue weighted by molar-refractivity contribution is 0.519. The molecular formula is C28H26NOP. The predicted octanol–water partition coefficient (Wildman–Crippen LogP) is 6.74. The highest BCUT2D eigenvalue weighted by Gasteiger charge is 2.59. The summed E-state index contributed by atoms with van der Waals surface area (Å²) in [6, 6.07) is 37.1. The molecule has 0 N–H and O–H groups in total. The first-order valence-electron chi connectivity index (χ1n) is 10.9. The monoisotopic (exact) mass is 423 g/mol. The maximum Gasteiger partial charge on any atom is 0.133 e. The van der Waals surface area contributed by atoms with E-state index in [-0.39, 0.29) is 5.66 Å². The van der Waals surface area contributed by atoms with Crippen LogP contribution in [0.5, 0.6) is 0 Å². The normalized spacial score (nSPS) is 25.4. The molecule has 0 aliphatic carbocycles. The smallest absolute Gasteiger partial charge is 0.133 e. The highest BCUT2D eigenvalue weighted by Crippen LogP contribution is 2.79. The first kappa shape index (κ1) is 20.0. The summed E-state index contributed by atoms with van der Waals surface area (Å²) >= 11 is 0. The van der Waals surface area contributed by atoms with E-state index in [1.165, 1.54) is 5.56 Å². The summed E-state index contributed by atoms with van der Waals surface area (Å²) in [5.41, 5.74) is 3.33. The van der Waals surface area contributed by atoms with Crippen LogP contribution in [-0.4, -0.2) is 4.98 Å². The van der Waals surface area contributed by atoms with Crippen LogP contribution >= 0.6 is 7.14 Å². The van der Waals surface area contributed by atoms with E-state index in [0.717, 1.165) is 29.4 Å². The number of nitrogens with zero attached hydrogens (tertiary/aromatic N) is 1. The molecule has 154 valence electrons. The molecule has 3 aromatic carbocycles. The van der Waals surface area contributed by atoms with E-state index in [4.69, 9.17) is 0 Å². The minimum atomic E-state index is -2.92. The Hall–Kier alpha value is -2.96. The van der Waals surface area contributed by atoms with Gasteiger partial charge in [-0.05, 0) is 36.1 Å². The van der Waals surface area contributed by atoms with Gasteiger partial charge in [0.1, 0.15) is 7.14 Å². The van der Waals surface area contributed by atoms with Gasteiger partial charge < -0.3 is 4.57 Å². The van der Waals surface area contributed by atoms with E-state index in [1.807, 2.05) is 48.7 Å². The molecule has 1 unspecified atom stereocenters. The Balaban J connectivity index is 1.77. The average molecular weight is 423 g/mol. The molecule has 1 aliphatic rings. The molecule has 1 fully saturated rings. The van der Waals surface area contributed by atoms with Gasteiger partial charge in [-0.25, -0.2) is 0 Å². The Morgan fingerprint density at radius 2 is 1.39 bits per heavy atom. The molecule has 1 aliphatic heterocycles. The quantitative estimate of drug-likeness (QED) is 0.333. The minimum Gasteiger partial charge on any atom is -0.317 e. The molecule has 0 spiro atoms. The topological polar surface area (TPSA) is 30.0 Å². The lowest BCUT2D eigenvalue weighted by Gasteiger charge is -2.39. The van der Waals surface area contributed by atoms with Crippen molar-refractivity contribution in [2.24, 2.45) is 0 Å². The van der Waals surface area contributed by atoms with E-state index in [1.54, 1.807) is 0 Å². The largest absolute Gasteiger partial charge is 0.317 e. The molecule has 0 radical (unpaired) electrons. The van der Waals surface area contributed by atoms with Gasteiger partial charge in [0.05, 0.1) is 5.16 Å². The lowest BCUT2D eigenvalue weighted by Crippen LogP contribution is -2.31. The highest BCUT2D eigenvalue weighted by molar-refractivity contribution is 7.73. The van der Waals surface area contributed by atoms with E-state index >= 15 is 4.57 Å². The first-order valence-corrected chi connectivity index (χ1v) is 12.7. The van der Waals surface area contributed by atoms with Crippen LogP contribution in [0.4, 0.5) is 0 Å². The van der Waals surface area contributed by atoms with Gasteiger partial charge in [0.15, 0.2) is 0 Å². The Labute approximate surface area is 184 Å². The second kappa shape index (κ2) is 8.29. The third-order valence-electron chi connectivity index (χ3n) is 6.74. The van der Waals surface area contributed by atoms with E-state index in [2.05, 4.69) is 71.7 Å². The fraction of sp³-hybridized carbons (Fsp3) is 0.179. The van der Waals surface area contributed by atoms with Gasteiger partial charge in [-0.2, -0.15) is 0 Å². The number of rotatable bonds is 5. The van der Waals surface area contributed by atoms with Gasteiger partial charge >= 0.3 is 0 Å². The molecule has 5 rings (SSSR count). The highest BCUT2D eigenvalue weighted by atomic mass is 31.2. The molecule has 0 saturated carbocycles. The predicted molar refractivity (Wildman–Crippen MR) is 128 cm³/mol. The third kappa shape index (κ3) is 3.36. The summed E-state index contributed by atoms with van der Waals surface area (Å²) in [7, 11) is -2.92. The molecule has 0 amide bonds. The first-order chi connectivity index (χ1) is 15.2. The van der Waals surface area contributed by atoms with Crippen molar-refractivity contribution >= 4 is 12.4 Å². The molecular weight excluding hydrogens is 397 g/mol. The molecule has 1 aromatic heterocycles. The Kier molecular flexibility index (Phi) is 5.34. The SMILES string of the molecule is O=P1(c2ccccc2)[C@H](c2ccccc2)CC[C@]1(Cc1ccccn1)c1ccccc1. The second-order valence-electron chi connectivity index (χ2n) is 8.35. The van der Waals surface area contributed by atoms with Crippen LogP contribution in [0.15, 0.2) is 115 Å². The fourth-order valence-electron chi connectivity index (χ4n) is 5.34. The van der Waals surface area contributed by atoms with E-state index < -0.39 is 12.3 Å². The Morgan fingerprint density at radius 3 is 2.03 bits per heavy atom. The maximum absolute atomic E-state index is 15.6. The Bertz CT molecular complexity index is 1180. The van der Waals surface area contributed by atoms with Crippen molar-refractivity contribution in [2.45, 2.75) is 30.1 Å². The molecule has 31 heavy (non-hydrogen) atoms. The maximum atomic E-state index is 15.6. The van der Waals surface area contributed by atoms with Crippen molar-refractivity contribution in [3.63, 3.8) is 0 Å². The van der Waals surface area contributed by atoms with Crippen molar-refractivity contribution in [3.05, 3.63) is 132 Å². The van der Waals surface area contributed by atoms with Gasteiger partial charge in [0.2, 0.25) is 0 Å². The van der Waals surface area contributed by atoms with Gasteiger partial charge in [-0.15, -0.1) is 0 Å². The lowest BCUT2D eigenvalue weighted by atomic mass is 9.88. The zero-order valence-electron chi connectivity index (χ0n) is 17.5. The summed E-state index contributed by atoms with van der Waals surface area (Å²) in [6.07, 6.45) is 4.29. The van der Waals surface area contributed by atoms with Crippen molar-refractivity contribution in [1.29, 1.82) is 0 Å². The number of benzene rings is 3. The number of hydrogen-bond acceptors (Lipinski definition) is 2. The van der Waals surface area contributed by atoms with Crippen LogP contribution in [-0.2, 0) is 16.1 Å². The summed E-state index contributed by atoms with van der Waals surface area (Å²) < 4.78 is 15.6. The van der Waals surface area contributed by atoms with Gasteiger partial charge in [0, 0.05) is 29.3 Å². The van der Waals surface area contributed by atoms with Gasteiger partial charge in [-0.1, -0.05) is 97.1 Å². The van der Waals surface area contributed by atoms with Crippen molar-refractivity contribution in [2.75, 3.05) is 0 Å².